The average molecular weight is 390 g/mol. The van der Waals surface area contributed by atoms with Crippen molar-refractivity contribution >= 4 is 21.6 Å². The quantitative estimate of drug-likeness (QED) is 0.666. The SMILES string of the molecule is COc1ccc(NS(=O)(=O)c2ccc(-c3[nH]ncc3C(=O)N(C)C)o2)cc1. The molecule has 3 aromatic rings. The summed E-state index contributed by atoms with van der Waals surface area (Å²) in [6.45, 7) is 0. The molecule has 0 aliphatic carbocycles. The Labute approximate surface area is 156 Å². The second-order valence-electron chi connectivity index (χ2n) is 5.81. The number of nitrogens with one attached hydrogen (secondary N) is 2. The Morgan fingerprint density at radius 1 is 1.19 bits per heavy atom. The second kappa shape index (κ2) is 7.16. The number of H-pyrrole nitrogens is 1. The Bertz CT molecular complexity index is 1050. The number of nitrogens with zero attached hydrogens (tertiary/aromatic N) is 2. The number of carbonyl (C=O) groups excluding carboxylic acids is 1. The Kier molecular flexibility index (Phi) is 4.91. The number of aromatic amines is 1. The van der Waals surface area contributed by atoms with Crippen LogP contribution in [0.15, 0.2) is 52.1 Å². The first-order valence-corrected chi connectivity index (χ1v) is 9.32. The number of methoxy groups -OCH3 is 1. The number of hydrogen-bond acceptors (Lipinski definition) is 6. The topological polar surface area (TPSA) is 118 Å². The molecule has 0 bridgehead atoms. The predicted octanol–water partition coefficient (Wildman–Crippen LogP) is 2.18. The van der Waals surface area contributed by atoms with Gasteiger partial charge in [-0.05, 0) is 36.4 Å². The van der Waals surface area contributed by atoms with Crippen molar-refractivity contribution in [3.05, 3.63) is 48.2 Å². The molecule has 2 N–H and O–H groups in total. The van der Waals surface area contributed by atoms with Crippen LogP contribution in [-0.2, 0) is 10.0 Å². The minimum absolute atomic E-state index is 0.188. The van der Waals surface area contributed by atoms with Crippen LogP contribution in [0.4, 0.5) is 5.69 Å². The minimum Gasteiger partial charge on any atom is -0.497 e. The summed E-state index contributed by atoms with van der Waals surface area (Å²) in [5.41, 5.74) is 0.944. The molecular formula is C17H18N4O5S. The van der Waals surface area contributed by atoms with Crippen LogP contribution in [0.2, 0.25) is 0 Å². The van der Waals surface area contributed by atoms with Crippen molar-refractivity contribution in [2.75, 3.05) is 25.9 Å². The van der Waals surface area contributed by atoms with Gasteiger partial charge in [0.2, 0.25) is 5.09 Å². The van der Waals surface area contributed by atoms with E-state index in [4.69, 9.17) is 9.15 Å². The van der Waals surface area contributed by atoms with Crippen molar-refractivity contribution in [2.24, 2.45) is 0 Å². The lowest BCUT2D eigenvalue weighted by Crippen LogP contribution is -2.21. The van der Waals surface area contributed by atoms with Crippen LogP contribution in [0.1, 0.15) is 10.4 Å². The number of benzene rings is 1. The maximum atomic E-state index is 12.5. The van der Waals surface area contributed by atoms with E-state index in [0.29, 0.717) is 17.1 Å². The molecular weight excluding hydrogens is 372 g/mol. The molecule has 0 spiro atoms. The number of rotatable bonds is 6. The Hall–Kier alpha value is -3.27. The maximum Gasteiger partial charge on any atom is 0.295 e. The molecule has 0 saturated heterocycles. The molecule has 3 rings (SSSR count). The fourth-order valence-electron chi connectivity index (χ4n) is 2.34. The Morgan fingerprint density at radius 3 is 2.52 bits per heavy atom. The first-order chi connectivity index (χ1) is 12.8. The van der Waals surface area contributed by atoms with Gasteiger partial charge in [0, 0.05) is 19.8 Å². The lowest BCUT2D eigenvalue weighted by molar-refractivity contribution is 0.0828. The summed E-state index contributed by atoms with van der Waals surface area (Å²) in [6, 6.07) is 9.19. The molecule has 9 nitrogen and oxygen atoms in total. The van der Waals surface area contributed by atoms with Crippen LogP contribution in [-0.4, -0.2) is 50.6 Å². The van der Waals surface area contributed by atoms with Gasteiger partial charge in [0.05, 0.1) is 18.9 Å². The van der Waals surface area contributed by atoms with Crippen LogP contribution in [0.3, 0.4) is 0 Å². The van der Waals surface area contributed by atoms with E-state index in [2.05, 4.69) is 14.9 Å². The summed E-state index contributed by atoms with van der Waals surface area (Å²) in [6.07, 6.45) is 1.37. The lowest BCUT2D eigenvalue weighted by Gasteiger charge is -2.09. The van der Waals surface area contributed by atoms with Crippen LogP contribution < -0.4 is 9.46 Å². The third-order valence-corrected chi connectivity index (χ3v) is 4.96. The van der Waals surface area contributed by atoms with Crippen molar-refractivity contribution in [3.63, 3.8) is 0 Å². The molecule has 0 aliphatic rings. The average Bonchev–Trinajstić information content (AvgIpc) is 3.30. The van der Waals surface area contributed by atoms with Crippen LogP contribution in [0, 0.1) is 0 Å². The highest BCUT2D eigenvalue weighted by atomic mass is 32.2. The number of carbonyl (C=O) groups is 1. The second-order valence-corrected chi connectivity index (χ2v) is 7.42. The number of anilines is 1. The molecule has 1 amide bonds. The van der Waals surface area contributed by atoms with E-state index in [0.717, 1.165) is 0 Å². The number of aromatic nitrogens is 2. The maximum absolute atomic E-state index is 12.5. The summed E-state index contributed by atoms with van der Waals surface area (Å²) in [5, 5.41) is 6.23. The van der Waals surface area contributed by atoms with E-state index in [1.807, 2.05) is 0 Å². The smallest absolute Gasteiger partial charge is 0.295 e. The lowest BCUT2D eigenvalue weighted by atomic mass is 10.2. The van der Waals surface area contributed by atoms with Crippen molar-refractivity contribution in [1.29, 1.82) is 0 Å². The molecule has 142 valence electrons. The highest BCUT2D eigenvalue weighted by Gasteiger charge is 2.23. The molecule has 0 aliphatic heterocycles. The highest BCUT2D eigenvalue weighted by molar-refractivity contribution is 7.92. The Morgan fingerprint density at radius 2 is 1.89 bits per heavy atom. The molecule has 0 atom stereocenters. The summed E-state index contributed by atoms with van der Waals surface area (Å²) < 4.78 is 38.0. The third-order valence-electron chi connectivity index (χ3n) is 3.71. The minimum atomic E-state index is -3.94. The molecule has 0 radical (unpaired) electrons. The zero-order valence-electron chi connectivity index (χ0n) is 14.9. The van der Waals surface area contributed by atoms with Gasteiger partial charge < -0.3 is 14.1 Å². The van der Waals surface area contributed by atoms with E-state index in [9.17, 15) is 13.2 Å². The van der Waals surface area contributed by atoms with Gasteiger partial charge >= 0.3 is 0 Å². The molecule has 2 heterocycles. The van der Waals surface area contributed by atoms with Crippen molar-refractivity contribution in [1.82, 2.24) is 15.1 Å². The predicted molar refractivity (Wildman–Crippen MR) is 98.1 cm³/mol. The van der Waals surface area contributed by atoms with Gasteiger partial charge in [0.25, 0.3) is 15.9 Å². The first kappa shape index (κ1) is 18.5. The fraction of sp³-hybridized carbons (Fsp3) is 0.176. The van der Waals surface area contributed by atoms with Crippen molar-refractivity contribution in [2.45, 2.75) is 5.09 Å². The number of amides is 1. The summed E-state index contributed by atoms with van der Waals surface area (Å²) in [5.74, 6) is 0.513. The van der Waals surface area contributed by atoms with Gasteiger partial charge in [-0.3, -0.25) is 14.6 Å². The van der Waals surface area contributed by atoms with Crippen molar-refractivity contribution in [3.8, 4) is 17.2 Å². The monoisotopic (exact) mass is 390 g/mol. The fourth-order valence-corrected chi connectivity index (χ4v) is 3.33. The largest absolute Gasteiger partial charge is 0.497 e. The van der Waals surface area contributed by atoms with E-state index < -0.39 is 10.0 Å². The molecule has 0 saturated carbocycles. The first-order valence-electron chi connectivity index (χ1n) is 7.84. The van der Waals surface area contributed by atoms with Gasteiger partial charge in [-0.25, -0.2) is 0 Å². The zero-order chi connectivity index (χ0) is 19.6. The molecule has 2 aromatic heterocycles. The van der Waals surface area contributed by atoms with E-state index in [-0.39, 0.29) is 22.3 Å². The number of sulfonamides is 1. The number of ether oxygens (including phenoxy) is 1. The van der Waals surface area contributed by atoms with Crippen LogP contribution in [0.5, 0.6) is 5.75 Å². The van der Waals surface area contributed by atoms with Crippen molar-refractivity contribution < 1.29 is 22.4 Å². The molecule has 10 heteroatoms. The Balaban J connectivity index is 1.87. The number of furan rings is 1. The van der Waals surface area contributed by atoms with Gasteiger partial charge in [-0.2, -0.15) is 13.5 Å². The highest BCUT2D eigenvalue weighted by Crippen LogP contribution is 2.27. The third kappa shape index (κ3) is 3.80. The standard InChI is InChI=1S/C17H18N4O5S/c1-21(2)17(22)13-10-18-19-16(13)14-8-9-15(26-14)27(23,24)20-11-4-6-12(25-3)7-5-11/h4-10,20H,1-3H3,(H,18,19). The van der Waals surface area contributed by atoms with Crippen LogP contribution >= 0.6 is 0 Å². The van der Waals surface area contributed by atoms with Gasteiger partial charge in [-0.15, -0.1) is 0 Å². The molecule has 0 unspecified atom stereocenters. The summed E-state index contributed by atoms with van der Waals surface area (Å²) >= 11 is 0. The van der Waals surface area contributed by atoms with Gasteiger partial charge in [0.15, 0.2) is 5.76 Å². The molecule has 1 aromatic carbocycles. The van der Waals surface area contributed by atoms with E-state index in [1.165, 1.54) is 30.3 Å². The van der Waals surface area contributed by atoms with E-state index in [1.54, 1.807) is 38.4 Å². The zero-order valence-corrected chi connectivity index (χ0v) is 15.7. The van der Waals surface area contributed by atoms with Gasteiger partial charge in [0.1, 0.15) is 11.4 Å². The summed E-state index contributed by atoms with van der Waals surface area (Å²) in [7, 11) is 0.797. The molecule has 27 heavy (non-hydrogen) atoms. The van der Waals surface area contributed by atoms with Crippen LogP contribution in [0.25, 0.3) is 11.5 Å². The van der Waals surface area contributed by atoms with Gasteiger partial charge in [-0.1, -0.05) is 0 Å². The number of hydrogen-bond donors (Lipinski definition) is 2. The summed E-state index contributed by atoms with van der Waals surface area (Å²) in [4.78, 5) is 13.6. The van der Waals surface area contributed by atoms with E-state index >= 15 is 0 Å². The normalized spacial score (nSPS) is 11.2. The molecule has 0 fully saturated rings.